The average molecular weight is 453 g/mol. The number of aliphatic carboxylic acids is 1. The second-order valence-corrected chi connectivity index (χ2v) is 9.48. The molecule has 0 saturated carbocycles. The van der Waals surface area contributed by atoms with E-state index in [1.807, 2.05) is 12.1 Å². The van der Waals surface area contributed by atoms with Gasteiger partial charge in [0, 0.05) is 5.57 Å². The molecule has 1 aromatic heterocycles. The highest BCUT2D eigenvalue weighted by Gasteiger charge is 2.13. The van der Waals surface area contributed by atoms with E-state index in [0.29, 0.717) is 24.3 Å². The molecule has 33 heavy (non-hydrogen) atoms. The molecule has 0 aromatic carbocycles. The van der Waals surface area contributed by atoms with E-state index in [1.165, 1.54) is 16.7 Å². The monoisotopic (exact) mass is 452 g/mol. The molecule has 1 aromatic rings. The van der Waals surface area contributed by atoms with Crippen molar-refractivity contribution in [1.29, 1.82) is 0 Å². The summed E-state index contributed by atoms with van der Waals surface area (Å²) >= 11 is 0. The summed E-state index contributed by atoms with van der Waals surface area (Å²) in [5, 5.41) is 9.59. The molecule has 1 heterocycles. The number of carboxylic acids is 1. The number of furan rings is 1. The Bertz CT molecular complexity index is 843. The van der Waals surface area contributed by atoms with Gasteiger partial charge in [0.2, 0.25) is 0 Å². The Kier molecular flexibility index (Phi) is 13.9. The van der Waals surface area contributed by atoms with E-state index < -0.39 is 5.97 Å². The second kappa shape index (κ2) is 16.1. The van der Waals surface area contributed by atoms with Crippen LogP contribution in [0.3, 0.4) is 0 Å². The number of hydrogen-bond acceptors (Lipinski definition) is 2. The minimum Gasteiger partial charge on any atom is -0.478 e. The zero-order valence-corrected chi connectivity index (χ0v) is 21.5. The lowest BCUT2D eigenvalue weighted by atomic mass is 9.89. The van der Waals surface area contributed by atoms with Crippen LogP contribution in [-0.2, 0) is 11.2 Å². The van der Waals surface area contributed by atoms with Crippen molar-refractivity contribution in [2.75, 3.05) is 0 Å². The topological polar surface area (TPSA) is 50.4 Å². The van der Waals surface area contributed by atoms with Crippen molar-refractivity contribution in [3.63, 3.8) is 0 Å². The van der Waals surface area contributed by atoms with Crippen LogP contribution in [0.4, 0.5) is 0 Å². The van der Waals surface area contributed by atoms with Gasteiger partial charge in [-0.25, -0.2) is 4.79 Å². The number of hydrogen-bond donors (Lipinski definition) is 1. The maximum absolute atomic E-state index is 11.7. The number of carboxylic acid groups (broad SMARTS) is 1. The number of allylic oxidation sites excluding steroid dienone is 8. The van der Waals surface area contributed by atoms with Gasteiger partial charge in [-0.05, 0) is 110 Å². The summed E-state index contributed by atoms with van der Waals surface area (Å²) in [7, 11) is 0. The SMILES string of the molecule is C=C(C)C(CC=C(C)CCC=C(C)CCC=C(C)C)CCC(=CCCc1ccoc1)C(=O)O. The number of rotatable bonds is 16. The van der Waals surface area contributed by atoms with E-state index in [0.717, 1.165) is 56.1 Å². The van der Waals surface area contributed by atoms with Gasteiger partial charge in [-0.1, -0.05) is 53.2 Å². The van der Waals surface area contributed by atoms with E-state index in [4.69, 9.17) is 4.42 Å². The molecule has 3 nitrogen and oxygen atoms in total. The van der Waals surface area contributed by atoms with Crippen molar-refractivity contribution >= 4 is 5.97 Å². The van der Waals surface area contributed by atoms with Gasteiger partial charge in [0.1, 0.15) is 0 Å². The van der Waals surface area contributed by atoms with Gasteiger partial charge in [0.15, 0.2) is 0 Å². The summed E-state index contributed by atoms with van der Waals surface area (Å²) in [4.78, 5) is 11.7. The van der Waals surface area contributed by atoms with Gasteiger partial charge < -0.3 is 9.52 Å². The zero-order chi connectivity index (χ0) is 24.6. The van der Waals surface area contributed by atoms with E-state index in [-0.39, 0.29) is 0 Å². The first-order valence-corrected chi connectivity index (χ1v) is 12.2. The summed E-state index contributed by atoms with van der Waals surface area (Å²) in [5.41, 5.74) is 6.95. The number of carbonyl (C=O) groups is 1. The van der Waals surface area contributed by atoms with E-state index in [9.17, 15) is 9.90 Å². The Hall–Kier alpha value is -2.55. The maximum atomic E-state index is 11.7. The van der Waals surface area contributed by atoms with Crippen LogP contribution in [0.15, 0.2) is 81.8 Å². The van der Waals surface area contributed by atoms with Crippen molar-refractivity contribution in [1.82, 2.24) is 0 Å². The third-order valence-corrected chi connectivity index (χ3v) is 6.01. The van der Waals surface area contributed by atoms with Crippen molar-refractivity contribution in [3.05, 3.63) is 82.9 Å². The van der Waals surface area contributed by atoms with Crippen LogP contribution in [0.5, 0.6) is 0 Å². The van der Waals surface area contributed by atoms with Crippen LogP contribution in [0.25, 0.3) is 0 Å². The fourth-order valence-corrected chi connectivity index (χ4v) is 3.72. The molecular weight excluding hydrogens is 408 g/mol. The first-order chi connectivity index (χ1) is 15.7. The molecule has 0 radical (unpaired) electrons. The Morgan fingerprint density at radius 2 is 1.64 bits per heavy atom. The first kappa shape index (κ1) is 28.5. The Morgan fingerprint density at radius 1 is 0.970 bits per heavy atom. The highest BCUT2D eigenvalue weighted by Crippen LogP contribution is 2.24. The van der Waals surface area contributed by atoms with Crippen LogP contribution in [0.1, 0.15) is 91.5 Å². The molecule has 0 aliphatic carbocycles. The second-order valence-electron chi connectivity index (χ2n) is 9.48. The Balaban J connectivity index is 2.51. The molecule has 1 N–H and O–H groups in total. The molecular formula is C30H44O3. The lowest BCUT2D eigenvalue weighted by molar-refractivity contribution is -0.132. The quantitative estimate of drug-likeness (QED) is 0.201. The first-order valence-electron chi connectivity index (χ1n) is 12.2. The molecule has 0 fully saturated rings. The van der Waals surface area contributed by atoms with Crippen LogP contribution < -0.4 is 0 Å². The molecule has 1 atom stereocenters. The average Bonchev–Trinajstić information content (AvgIpc) is 3.25. The minimum atomic E-state index is -0.818. The van der Waals surface area contributed by atoms with Gasteiger partial charge in [-0.3, -0.25) is 0 Å². The van der Waals surface area contributed by atoms with Crippen LogP contribution >= 0.6 is 0 Å². The smallest absolute Gasteiger partial charge is 0.331 e. The fraction of sp³-hybridized carbons (Fsp3) is 0.500. The predicted octanol–water partition coefficient (Wildman–Crippen LogP) is 9.01. The molecule has 1 unspecified atom stereocenters. The highest BCUT2D eigenvalue weighted by atomic mass is 16.4. The van der Waals surface area contributed by atoms with Crippen molar-refractivity contribution in [2.24, 2.45) is 5.92 Å². The predicted molar refractivity (Wildman–Crippen MR) is 140 cm³/mol. The fourth-order valence-electron chi connectivity index (χ4n) is 3.72. The highest BCUT2D eigenvalue weighted by molar-refractivity contribution is 5.86. The Labute approximate surface area is 201 Å². The summed E-state index contributed by atoms with van der Waals surface area (Å²) in [6.45, 7) is 14.9. The molecule has 0 amide bonds. The van der Waals surface area contributed by atoms with E-state index >= 15 is 0 Å². The van der Waals surface area contributed by atoms with Crippen LogP contribution in [-0.4, -0.2) is 11.1 Å². The summed E-state index contributed by atoms with van der Waals surface area (Å²) in [6.07, 6.45) is 20.4. The normalized spacial score (nSPS) is 13.7. The third-order valence-electron chi connectivity index (χ3n) is 6.01. The number of aryl methyl sites for hydroxylation is 1. The molecule has 0 aliphatic heterocycles. The molecule has 3 heteroatoms. The summed E-state index contributed by atoms with van der Waals surface area (Å²) in [5.74, 6) is -0.515. The van der Waals surface area contributed by atoms with Gasteiger partial charge in [-0.2, -0.15) is 0 Å². The van der Waals surface area contributed by atoms with Gasteiger partial charge in [-0.15, -0.1) is 0 Å². The van der Waals surface area contributed by atoms with Gasteiger partial charge >= 0.3 is 5.97 Å². The largest absolute Gasteiger partial charge is 0.478 e. The minimum absolute atomic E-state index is 0.304. The molecule has 0 bridgehead atoms. The maximum Gasteiger partial charge on any atom is 0.331 e. The summed E-state index contributed by atoms with van der Waals surface area (Å²) in [6, 6.07) is 1.92. The van der Waals surface area contributed by atoms with Crippen molar-refractivity contribution < 1.29 is 14.3 Å². The van der Waals surface area contributed by atoms with Gasteiger partial charge in [0.05, 0.1) is 12.5 Å². The Morgan fingerprint density at radius 3 is 2.21 bits per heavy atom. The van der Waals surface area contributed by atoms with Crippen LogP contribution in [0, 0.1) is 5.92 Å². The molecule has 182 valence electrons. The zero-order valence-electron chi connectivity index (χ0n) is 21.5. The summed E-state index contributed by atoms with van der Waals surface area (Å²) < 4.78 is 5.07. The molecule has 0 spiro atoms. The van der Waals surface area contributed by atoms with Gasteiger partial charge in [0.25, 0.3) is 0 Å². The van der Waals surface area contributed by atoms with Crippen molar-refractivity contribution in [2.45, 2.75) is 92.4 Å². The van der Waals surface area contributed by atoms with E-state index in [2.05, 4.69) is 59.4 Å². The molecule has 1 rings (SSSR count). The lowest BCUT2D eigenvalue weighted by Gasteiger charge is -2.16. The molecule has 0 aliphatic rings. The molecule has 0 saturated heterocycles. The standard InChI is InChI=1S/C30H44O3/c1-23(2)10-7-11-25(5)12-8-13-26(6)16-17-28(24(3)4)18-19-29(30(31)32)15-9-14-27-20-21-33-22-27/h10,12,15-16,20-22,28H,3,7-9,11,13-14,17-19H2,1-2,4-6H3,(H,31,32). The van der Waals surface area contributed by atoms with E-state index in [1.54, 1.807) is 12.5 Å². The third kappa shape index (κ3) is 13.6. The van der Waals surface area contributed by atoms with Crippen LogP contribution in [0.2, 0.25) is 0 Å². The lowest BCUT2D eigenvalue weighted by Crippen LogP contribution is -2.06. The van der Waals surface area contributed by atoms with Crippen molar-refractivity contribution in [3.8, 4) is 0 Å².